The molecule has 5 aromatic rings. The van der Waals surface area contributed by atoms with Crippen LogP contribution in [0, 0.1) is 11.6 Å². The highest BCUT2D eigenvalue weighted by Gasteiger charge is 2.58. The lowest BCUT2D eigenvalue weighted by Crippen LogP contribution is -2.48. The molecule has 0 amide bonds. The topological polar surface area (TPSA) is 141 Å². The Hall–Kier alpha value is -5.01. The molecule has 1 fully saturated rings. The fraction of sp³-hybridized carbons (Fsp3) is 0.361. The summed E-state index contributed by atoms with van der Waals surface area (Å²) >= 11 is 0. The monoisotopic (exact) mass is 824 g/mol. The molecule has 0 bridgehead atoms. The SMILES string of the molecule is CCOP(=O)(OCC)OC(c1ccc(N2CCN(c3ccc(-c4ccc(C(F)(F)[C@](O)(Cn5cnnn5)c5ccc(F)cc5F)nc4)cc3)CC2)cn1)C(F)(F)F. The number of hydrogen-bond acceptors (Lipinski definition) is 12. The third kappa shape index (κ3) is 9.10. The van der Waals surface area contributed by atoms with Crippen molar-refractivity contribution in [3.63, 3.8) is 0 Å². The van der Waals surface area contributed by atoms with Gasteiger partial charge in [-0.15, -0.1) is 5.10 Å². The number of aliphatic hydroxyl groups is 1. The minimum Gasteiger partial charge on any atom is -0.377 e. The van der Waals surface area contributed by atoms with E-state index < -0.39 is 66.8 Å². The van der Waals surface area contributed by atoms with Crippen molar-refractivity contribution >= 4 is 19.2 Å². The molecule has 1 unspecified atom stereocenters. The molecule has 6 rings (SSSR count). The van der Waals surface area contributed by atoms with Crippen molar-refractivity contribution in [1.29, 1.82) is 0 Å². The number of pyridine rings is 2. The van der Waals surface area contributed by atoms with E-state index in [1.165, 1.54) is 38.4 Å². The van der Waals surface area contributed by atoms with Crippen molar-refractivity contribution in [2.45, 2.75) is 44.2 Å². The van der Waals surface area contributed by atoms with Crippen LogP contribution in [-0.4, -0.2) is 80.9 Å². The van der Waals surface area contributed by atoms with Crippen LogP contribution in [0.5, 0.6) is 0 Å². The molecule has 4 heterocycles. The van der Waals surface area contributed by atoms with Crippen LogP contribution < -0.4 is 9.80 Å². The first kappa shape index (κ1) is 41.6. The molecule has 2 aromatic carbocycles. The van der Waals surface area contributed by atoms with Crippen molar-refractivity contribution in [2.24, 2.45) is 0 Å². The largest absolute Gasteiger partial charge is 0.475 e. The molecule has 57 heavy (non-hydrogen) atoms. The lowest BCUT2D eigenvalue weighted by molar-refractivity contribution is -0.207. The second-order valence-electron chi connectivity index (χ2n) is 12.8. The third-order valence-electron chi connectivity index (χ3n) is 9.12. The van der Waals surface area contributed by atoms with Crippen molar-refractivity contribution < 1.29 is 54.0 Å². The fourth-order valence-corrected chi connectivity index (χ4v) is 7.59. The summed E-state index contributed by atoms with van der Waals surface area (Å²) in [5.74, 6) is -6.62. The van der Waals surface area contributed by atoms with Gasteiger partial charge in [0.1, 0.15) is 23.7 Å². The normalized spacial score (nSPS) is 15.8. The number of rotatable bonds is 15. The molecule has 0 radical (unpaired) electrons. The number of phosphoric ester groups is 1. The summed E-state index contributed by atoms with van der Waals surface area (Å²) in [6, 6.07) is 14.1. The summed E-state index contributed by atoms with van der Waals surface area (Å²) in [5.41, 5.74) is -3.00. The minimum absolute atomic E-state index is 0.190. The van der Waals surface area contributed by atoms with Crippen LogP contribution >= 0.6 is 7.82 Å². The van der Waals surface area contributed by atoms with E-state index in [4.69, 9.17) is 13.6 Å². The van der Waals surface area contributed by atoms with E-state index in [-0.39, 0.29) is 13.2 Å². The van der Waals surface area contributed by atoms with Gasteiger partial charge in [-0.1, -0.05) is 18.2 Å². The average Bonchev–Trinajstić information content (AvgIpc) is 3.70. The smallest absolute Gasteiger partial charge is 0.377 e. The molecule has 2 atom stereocenters. The quantitative estimate of drug-likeness (QED) is 0.0843. The van der Waals surface area contributed by atoms with Gasteiger partial charge >= 0.3 is 19.9 Å². The highest BCUT2D eigenvalue weighted by atomic mass is 31.2. The Kier molecular flexibility index (Phi) is 12.3. The van der Waals surface area contributed by atoms with Crippen molar-refractivity contribution in [3.05, 3.63) is 114 Å². The zero-order valence-corrected chi connectivity index (χ0v) is 31.3. The zero-order valence-electron chi connectivity index (χ0n) is 30.4. The van der Waals surface area contributed by atoms with Crippen molar-refractivity contribution in [3.8, 4) is 11.1 Å². The number of halogens is 7. The van der Waals surface area contributed by atoms with E-state index in [1.807, 2.05) is 17.0 Å². The van der Waals surface area contributed by atoms with Crippen LogP contribution in [0.4, 0.5) is 42.1 Å². The predicted molar refractivity (Wildman–Crippen MR) is 191 cm³/mol. The molecule has 1 aliphatic heterocycles. The van der Waals surface area contributed by atoms with Gasteiger partial charge < -0.3 is 14.9 Å². The summed E-state index contributed by atoms with van der Waals surface area (Å²) in [6.45, 7) is 3.65. The maximum atomic E-state index is 16.2. The van der Waals surface area contributed by atoms with E-state index in [2.05, 4.69) is 30.4 Å². The molecule has 21 heteroatoms. The highest BCUT2D eigenvalue weighted by molar-refractivity contribution is 7.48. The molecule has 0 spiro atoms. The second-order valence-corrected chi connectivity index (χ2v) is 14.4. The van der Waals surface area contributed by atoms with Gasteiger partial charge in [0.05, 0.1) is 37.3 Å². The van der Waals surface area contributed by atoms with E-state index in [1.54, 1.807) is 12.1 Å². The Bertz CT molecular complexity index is 2130. The van der Waals surface area contributed by atoms with Crippen LogP contribution in [0.3, 0.4) is 0 Å². The van der Waals surface area contributed by atoms with Gasteiger partial charge in [0.15, 0.2) is 5.60 Å². The van der Waals surface area contributed by atoms with Crippen LogP contribution in [0.2, 0.25) is 0 Å². The Morgan fingerprint density at radius 1 is 0.807 bits per heavy atom. The number of anilines is 2. The molecule has 1 saturated heterocycles. The number of alkyl halides is 5. The number of piperazine rings is 1. The highest BCUT2D eigenvalue weighted by Crippen LogP contribution is 2.56. The van der Waals surface area contributed by atoms with Gasteiger partial charge in [-0.25, -0.2) is 18.0 Å². The van der Waals surface area contributed by atoms with Gasteiger partial charge in [0.25, 0.3) is 0 Å². The fourth-order valence-electron chi connectivity index (χ4n) is 6.28. The number of aromatic nitrogens is 6. The number of nitrogens with zero attached hydrogens (tertiary/aromatic N) is 8. The molecular formula is C36H36F7N8O5P. The number of benzene rings is 2. The summed E-state index contributed by atoms with van der Waals surface area (Å²) in [7, 11) is -4.51. The molecule has 0 aliphatic carbocycles. The molecule has 304 valence electrons. The van der Waals surface area contributed by atoms with Gasteiger partial charge in [-0.05, 0) is 72.3 Å². The molecular weight excluding hydrogens is 788 g/mol. The first-order valence-electron chi connectivity index (χ1n) is 17.5. The lowest BCUT2D eigenvalue weighted by Gasteiger charge is -2.37. The van der Waals surface area contributed by atoms with Gasteiger partial charge in [-0.3, -0.25) is 23.5 Å². The van der Waals surface area contributed by atoms with Gasteiger partial charge in [-0.2, -0.15) is 22.0 Å². The number of phosphoric acid groups is 1. The first-order valence-corrected chi connectivity index (χ1v) is 19.0. The Morgan fingerprint density at radius 2 is 1.44 bits per heavy atom. The maximum Gasteiger partial charge on any atom is 0.475 e. The van der Waals surface area contributed by atoms with E-state index in [9.17, 15) is 31.6 Å². The van der Waals surface area contributed by atoms with E-state index in [0.717, 1.165) is 41.0 Å². The lowest BCUT2D eigenvalue weighted by atomic mass is 9.84. The van der Waals surface area contributed by atoms with E-state index >= 15 is 8.78 Å². The Labute approximate surface area is 321 Å². The molecule has 1 N–H and O–H groups in total. The summed E-state index contributed by atoms with van der Waals surface area (Å²) in [5, 5.41) is 21.7. The van der Waals surface area contributed by atoms with Gasteiger partial charge in [0.2, 0.25) is 6.10 Å². The zero-order chi connectivity index (χ0) is 41.0. The third-order valence-corrected chi connectivity index (χ3v) is 10.7. The van der Waals surface area contributed by atoms with Crippen LogP contribution in [0.1, 0.15) is 36.9 Å². The van der Waals surface area contributed by atoms with Crippen LogP contribution in [-0.2, 0) is 36.2 Å². The standard InChI is InChI=1S/C36H36F7N8O5P/c1-3-54-57(53,55-4-2)56-33(36(41,42)43)31-13-11-28(21-44-31)50-17-15-49(16-18-50)27-9-5-24(6-10-27)25-7-14-32(45-20-25)35(39,40)34(52,22-51-23-46-47-48-51)29-12-8-26(37)19-30(29)38/h5-14,19-21,23,33,52H,3-4,15-18,22H2,1-2H3/t33?,34-/m0/s1. The Balaban J connectivity index is 1.11. The Morgan fingerprint density at radius 3 is 1.96 bits per heavy atom. The first-order chi connectivity index (χ1) is 27.1. The number of tetrazole rings is 1. The summed E-state index contributed by atoms with van der Waals surface area (Å²) < 4.78 is 131. The predicted octanol–water partition coefficient (Wildman–Crippen LogP) is 7.22. The minimum atomic E-state index is -4.95. The molecule has 13 nitrogen and oxygen atoms in total. The molecule has 3 aromatic heterocycles. The van der Waals surface area contributed by atoms with E-state index in [0.29, 0.717) is 49.1 Å². The van der Waals surface area contributed by atoms with Gasteiger partial charge in [0, 0.05) is 55.3 Å². The van der Waals surface area contributed by atoms with Crippen LogP contribution in [0.25, 0.3) is 11.1 Å². The van der Waals surface area contributed by atoms with Crippen molar-refractivity contribution in [1.82, 2.24) is 30.2 Å². The summed E-state index contributed by atoms with van der Waals surface area (Å²) in [6.07, 6.45) is -4.15. The average molecular weight is 825 g/mol. The second kappa shape index (κ2) is 16.8. The maximum absolute atomic E-state index is 16.2. The number of hydrogen-bond donors (Lipinski definition) is 1. The molecule has 0 saturated carbocycles. The van der Waals surface area contributed by atoms with Crippen molar-refractivity contribution in [2.75, 3.05) is 49.2 Å². The van der Waals surface area contributed by atoms with Crippen LogP contribution in [0.15, 0.2) is 85.5 Å². The summed E-state index contributed by atoms with van der Waals surface area (Å²) in [4.78, 5) is 12.0. The molecule has 1 aliphatic rings.